The van der Waals surface area contributed by atoms with Crippen molar-refractivity contribution in [2.24, 2.45) is 0 Å². The number of nitro benzene ring substituents is 1. The van der Waals surface area contributed by atoms with Crippen LogP contribution in [0.5, 0.6) is 5.75 Å². The zero-order valence-electron chi connectivity index (χ0n) is 24.9. The number of hydrogen-bond acceptors (Lipinski definition) is 7. The second-order valence-electron chi connectivity index (χ2n) is 11.0. The van der Waals surface area contributed by atoms with Gasteiger partial charge in [0.1, 0.15) is 5.75 Å². The molecule has 0 aliphatic heterocycles. The van der Waals surface area contributed by atoms with Crippen molar-refractivity contribution in [2.75, 3.05) is 12.4 Å². The van der Waals surface area contributed by atoms with Crippen molar-refractivity contribution in [1.82, 2.24) is 20.2 Å². The summed E-state index contributed by atoms with van der Waals surface area (Å²) in [4.78, 5) is 42.2. The van der Waals surface area contributed by atoms with E-state index in [1.807, 2.05) is 62.6 Å². The summed E-state index contributed by atoms with van der Waals surface area (Å²) in [6.07, 6.45) is 0.776. The Labute approximate surface area is 254 Å². The Kier molecular flexibility index (Phi) is 9.92. The van der Waals surface area contributed by atoms with Gasteiger partial charge in [-0.2, -0.15) is 0 Å². The molecule has 3 N–H and O–H groups in total. The zero-order chi connectivity index (χ0) is 31.1. The number of methoxy groups -OCH3 is 1. The van der Waals surface area contributed by atoms with Crippen LogP contribution >= 0.6 is 11.8 Å². The number of benzene rings is 3. The Morgan fingerprint density at radius 3 is 2.49 bits per heavy atom. The van der Waals surface area contributed by atoms with Gasteiger partial charge >= 0.3 is 6.03 Å². The van der Waals surface area contributed by atoms with Crippen LogP contribution in [0.4, 0.5) is 16.2 Å². The fourth-order valence-corrected chi connectivity index (χ4v) is 5.56. The molecule has 4 rings (SSSR count). The molecule has 0 aliphatic rings. The number of hydrogen-bond donors (Lipinski definition) is 3. The van der Waals surface area contributed by atoms with Crippen molar-refractivity contribution < 1.29 is 19.2 Å². The Hall–Kier alpha value is -4.58. The lowest BCUT2D eigenvalue weighted by Crippen LogP contribution is -2.43. The van der Waals surface area contributed by atoms with E-state index in [2.05, 4.69) is 16.0 Å². The standard InChI is InChI=1S/C31H36N6O5S/c1-6-14-36-27-24(28(38)32-18-20-10-8-7-9-11-20)16-22(33-29(39)35-31(2,3)4)17-25(27)34-30(36)43-19-21-15-23(37(40)41)12-13-26(21)42-5/h7-13,15-17H,6,14,18-19H2,1-5H3,(H,32,38)(H2,33,35,39). The van der Waals surface area contributed by atoms with E-state index in [-0.39, 0.29) is 11.6 Å². The first-order chi connectivity index (χ1) is 20.5. The van der Waals surface area contributed by atoms with Gasteiger partial charge in [-0.3, -0.25) is 14.9 Å². The molecule has 1 heterocycles. The highest BCUT2D eigenvalue weighted by Gasteiger charge is 2.22. The molecular formula is C31H36N6O5S. The number of urea groups is 1. The molecule has 12 heteroatoms. The first-order valence-corrected chi connectivity index (χ1v) is 14.9. The number of carbonyl (C=O) groups excluding carboxylic acids is 2. The van der Waals surface area contributed by atoms with Gasteiger partial charge in [-0.05, 0) is 51.0 Å². The molecule has 1 aromatic heterocycles. The van der Waals surface area contributed by atoms with Crippen LogP contribution in [0.1, 0.15) is 55.6 Å². The van der Waals surface area contributed by atoms with E-state index in [0.29, 0.717) is 57.6 Å². The Morgan fingerprint density at radius 1 is 1.09 bits per heavy atom. The largest absolute Gasteiger partial charge is 0.496 e. The number of imidazole rings is 1. The van der Waals surface area contributed by atoms with Gasteiger partial charge in [0.05, 0.1) is 28.6 Å². The number of fused-ring (bicyclic) bond motifs is 1. The van der Waals surface area contributed by atoms with Crippen LogP contribution in [0.3, 0.4) is 0 Å². The third-order valence-electron chi connectivity index (χ3n) is 6.37. The number of aromatic nitrogens is 2. The van der Waals surface area contributed by atoms with Crippen LogP contribution in [0, 0.1) is 10.1 Å². The molecule has 3 aromatic carbocycles. The lowest BCUT2D eigenvalue weighted by atomic mass is 10.1. The summed E-state index contributed by atoms with van der Waals surface area (Å²) >= 11 is 1.39. The number of aryl methyl sites for hydroxylation is 1. The molecule has 0 saturated carbocycles. The van der Waals surface area contributed by atoms with Crippen LogP contribution in [-0.2, 0) is 18.8 Å². The SMILES string of the molecule is CCCn1c(SCc2cc([N+](=O)[O-])ccc2OC)nc2cc(NC(=O)NC(C)(C)C)cc(C(=O)NCc3ccccc3)c21. The summed E-state index contributed by atoms with van der Waals surface area (Å²) in [5.41, 5.74) is 3.11. The average Bonchev–Trinajstić information content (AvgIpc) is 3.30. The minimum absolute atomic E-state index is 0.0277. The van der Waals surface area contributed by atoms with Crippen molar-refractivity contribution in [2.45, 2.75) is 63.7 Å². The van der Waals surface area contributed by atoms with E-state index >= 15 is 0 Å². The second kappa shape index (κ2) is 13.6. The normalized spacial score (nSPS) is 11.3. The predicted octanol–water partition coefficient (Wildman–Crippen LogP) is 6.51. The molecule has 0 spiro atoms. The summed E-state index contributed by atoms with van der Waals surface area (Å²) in [7, 11) is 1.52. The van der Waals surface area contributed by atoms with Crippen LogP contribution in [0.25, 0.3) is 11.0 Å². The smallest absolute Gasteiger partial charge is 0.319 e. The third kappa shape index (κ3) is 8.04. The number of rotatable bonds is 11. The first kappa shape index (κ1) is 31.4. The third-order valence-corrected chi connectivity index (χ3v) is 7.40. The average molecular weight is 605 g/mol. The minimum atomic E-state index is -0.454. The van der Waals surface area contributed by atoms with Gasteiger partial charge in [0.2, 0.25) is 0 Å². The molecule has 0 radical (unpaired) electrons. The second-order valence-corrected chi connectivity index (χ2v) is 11.9. The number of nitrogens with one attached hydrogen (secondary N) is 3. The monoisotopic (exact) mass is 604 g/mol. The van der Waals surface area contributed by atoms with E-state index in [4.69, 9.17) is 9.72 Å². The summed E-state index contributed by atoms with van der Waals surface area (Å²) in [5.74, 6) is 0.587. The van der Waals surface area contributed by atoms with Crippen LogP contribution in [0.15, 0.2) is 65.8 Å². The van der Waals surface area contributed by atoms with E-state index in [0.717, 1.165) is 12.0 Å². The van der Waals surface area contributed by atoms with Gasteiger partial charge in [-0.25, -0.2) is 9.78 Å². The van der Waals surface area contributed by atoms with Crippen molar-refractivity contribution >= 4 is 46.1 Å². The van der Waals surface area contributed by atoms with Crippen LogP contribution in [-0.4, -0.2) is 39.1 Å². The molecular weight excluding hydrogens is 568 g/mol. The molecule has 0 aliphatic carbocycles. The maximum absolute atomic E-state index is 13.7. The van der Waals surface area contributed by atoms with Gasteiger partial charge in [0.25, 0.3) is 11.6 Å². The molecule has 226 valence electrons. The number of anilines is 1. The topological polar surface area (TPSA) is 140 Å². The van der Waals surface area contributed by atoms with E-state index in [9.17, 15) is 19.7 Å². The van der Waals surface area contributed by atoms with E-state index in [1.165, 1.54) is 31.0 Å². The highest BCUT2D eigenvalue weighted by molar-refractivity contribution is 7.98. The summed E-state index contributed by atoms with van der Waals surface area (Å²) in [5, 5.41) is 20.7. The highest BCUT2D eigenvalue weighted by atomic mass is 32.2. The number of nitrogens with zero attached hydrogens (tertiary/aromatic N) is 3. The number of amides is 3. The number of ether oxygens (including phenoxy) is 1. The predicted molar refractivity (Wildman–Crippen MR) is 169 cm³/mol. The number of carbonyl (C=O) groups is 2. The molecule has 4 aromatic rings. The molecule has 3 amide bonds. The molecule has 11 nitrogen and oxygen atoms in total. The summed E-state index contributed by atoms with van der Waals surface area (Å²) < 4.78 is 7.43. The Morgan fingerprint density at radius 2 is 1.84 bits per heavy atom. The van der Waals surface area contributed by atoms with Gasteiger partial charge in [0.15, 0.2) is 5.16 Å². The quantitative estimate of drug-likeness (QED) is 0.101. The van der Waals surface area contributed by atoms with E-state index < -0.39 is 16.5 Å². The van der Waals surface area contributed by atoms with Gasteiger partial charge < -0.3 is 25.3 Å². The van der Waals surface area contributed by atoms with Gasteiger partial charge in [-0.1, -0.05) is 49.0 Å². The minimum Gasteiger partial charge on any atom is -0.496 e. The molecule has 0 saturated heterocycles. The fraction of sp³-hybridized carbons (Fsp3) is 0.323. The molecule has 0 unspecified atom stereocenters. The molecule has 0 bridgehead atoms. The van der Waals surface area contributed by atoms with Crippen molar-refractivity contribution in [3.05, 3.63) is 87.5 Å². The van der Waals surface area contributed by atoms with Crippen molar-refractivity contribution in [3.63, 3.8) is 0 Å². The molecule has 0 atom stereocenters. The van der Waals surface area contributed by atoms with Crippen molar-refractivity contribution in [1.29, 1.82) is 0 Å². The van der Waals surface area contributed by atoms with Crippen LogP contribution < -0.4 is 20.7 Å². The summed E-state index contributed by atoms with van der Waals surface area (Å²) in [6, 6.07) is 17.1. The van der Waals surface area contributed by atoms with E-state index in [1.54, 1.807) is 18.2 Å². The number of non-ortho nitro benzene ring substituents is 1. The first-order valence-electron chi connectivity index (χ1n) is 13.9. The summed E-state index contributed by atoms with van der Waals surface area (Å²) in [6.45, 7) is 8.59. The maximum Gasteiger partial charge on any atom is 0.319 e. The fourth-order valence-electron chi connectivity index (χ4n) is 4.54. The Bertz CT molecular complexity index is 1630. The molecule has 0 fully saturated rings. The Balaban J connectivity index is 1.74. The number of thioether (sulfide) groups is 1. The van der Waals surface area contributed by atoms with Gasteiger partial charge in [-0.15, -0.1) is 0 Å². The van der Waals surface area contributed by atoms with Crippen LogP contribution in [0.2, 0.25) is 0 Å². The lowest BCUT2D eigenvalue weighted by Gasteiger charge is -2.21. The number of nitro groups is 1. The zero-order valence-corrected chi connectivity index (χ0v) is 25.7. The van der Waals surface area contributed by atoms with Gasteiger partial charge in [0, 0.05) is 47.8 Å². The molecule has 43 heavy (non-hydrogen) atoms. The maximum atomic E-state index is 13.7. The highest BCUT2D eigenvalue weighted by Crippen LogP contribution is 2.34. The lowest BCUT2D eigenvalue weighted by molar-refractivity contribution is -0.384. The van der Waals surface area contributed by atoms with Crippen molar-refractivity contribution in [3.8, 4) is 5.75 Å².